The summed E-state index contributed by atoms with van der Waals surface area (Å²) in [4.78, 5) is 4.81. The van der Waals surface area contributed by atoms with E-state index in [1.165, 1.54) is 13.2 Å². The molecular formula is C21H20FN4O2P. The topological polar surface area (TPSA) is 59.7 Å². The van der Waals surface area contributed by atoms with Gasteiger partial charge in [-0.1, -0.05) is 30.3 Å². The minimum Gasteiger partial charge on any atom is -0.313 e. The summed E-state index contributed by atoms with van der Waals surface area (Å²) in [5.41, 5.74) is 1.69. The van der Waals surface area contributed by atoms with Crippen molar-refractivity contribution >= 4 is 24.5 Å². The van der Waals surface area contributed by atoms with Gasteiger partial charge in [-0.2, -0.15) is 5.10 Å². The summed E-state index contributed by atoms with van der Waals surface area (Å²) in [5.74, 6) is 0.347. The number of hydrogen-bond acceptors (Lipinski definition) is 4. The van der Waals surface area contributed by atoms with Crippen molar-refractivity contribution in [1.29, 1.82) is 0 Å². The molecule has 2 heterocycles. The first-order chi connectivity index (χ1) is 14.0. The van der Waals surface area contributed by atoms with E-state index in [4.69, 9.17) is 9.52 Å². The van der Waals surface area contributed by atoms with Gasteiger partial charge in [0.05, 0.1) is 16.9 Å². The largest absolute Gasteiger partial charge is 0.333 e. The van der Waals surface area contributed by atoms with E-state index < -0.39 is 13.3 Å². The fourth-order valence-electron chi connectivity index (χ4n) is 3.78. The lowest BCUT2D eigenvalue weighted by molar-refractivity contribution is 0.356. The summed E-state index contributed by atoms with van der Waals surface area (Å²) in [6.07, 6.45) is 1.73. The van der Waals surface area contributed by atoms with Crippen LogP contribution in [0.1, 0.15) is 24.1 Å². The Labute approximate surface area is 168 Å². The third-order valence-corrected chi connectivity index (χ3v) is 7.92. The molecule has 0 amide bonds. The van der Waals surface area contributed by atoms with Crippen LogP contribution in [0.25, 0.3) is 5.69 Å². The van der Waals surface area contributed by atoms with Crippen LogP contribution in [0.4, 0.5) is 10.2 Å². The van der Waals surface area contributed by atoms with Crippen LogP contribution in [-0.4, -0.2) is 33.4 Å². The van der Waals surface area contributed by atoms with Gasteiger partial charge in [-0.3, -0.25) is 9.24 Å². The molecule has 6 nitrogen and oxygen atoms in total. The number of aliphatic imine (C=N–C) groups is 1. The number of amidine groups is 1. The molecule has 1 aromatic heterocycles. The van der Waals surface area contributed by atoms with E-state index >= 15 is 0 Å². The van der Waals surface area contributed by atoms with Crippen LogP contribution in [0.3, 0.4) is 0 Å². The van der Waals surface area contributed by atoms with E-state index in [-0.39, 0.29) is 6.04 Å². The number of benzene rings is 2. The van der Waals surface area contributed by atoms with Crippen LogP contribution < -0.4 is 5.30 Å². The molecule has 148 valence electrons. The Balaban J connectivity index is 1.82. The van der Waals surface area contributed by atoms with Gasteiger partial charge >= 0.3 is 7.52 Å². The number of halogens is 1. The quantitative estimate of drug-likeness (QED) is 0.601. The minimum atomic E-state index is -3.51. The monoisotopic (exact) mass is 410 g/mol. The van der Waals surface area contributed by atoms with E-state index in [0.29, 0.717) is 28.2 Å². The molecule has 0 radical (unpaired) electrons. The maximum Gasteiger partial charge on any atom is 0.333 e. The van der Waals surface area contributed by atoms with E-state index in [9.17, 15) is 8.96 Å². The second-order valence-corrected chi connectivity index (χ2v) is 9.48. The molecule has 1 atom stereocenters. The first-order valence-corrected chi connectivity index (χ1v) is 11.1. The molecule has 0 unspecified atom stereocenters. The van der Waals surface area contributed by atoms with Gasteiger partial charge < -0.3 is 4.52 Å². The minimum absolute atomic E-state index is 0.00626. The second-order valence-electron chi connectivity index (χ2n) is 7.20. The first-order valence-electron chi connectivity index (χ1n) is 9.49. The predicted molar refractivity (Wildman–Crippen MR) is 110 cm³/mol. The van der Waals surface area contributed by atoms with Crippen molar-refractivity contribution in [2.45, 2.75) is 25.8 Å². The summed E-state index contributed by atoms with van der Waals surface area (Å²) in [6, 6.07) is 15.9. The zero-order valence-electron chi connectivity index (χ0n) is 16.1. The number of nitrogens with zero attached hydrogens (tertiary/aromatic N) is 4. The predicted octanol–water partition coefficient (Wildman–Crippen LogP) is 4.34. The van der Waals surface area contributed by atoms with Gasteiger partial charge in [-0.15, -0.1) is 0 Å². The fourth-order valence-corrected chi connectivity index (χ4v) is 6.27. The summed E-state index contributed by atoms with van der Waals surface area (Å²) < 4.78 is 38.0. The number of fused-ring (bicyclic) bond motifs is 1. The van der Waals surface area contributed by atoms with Gasteiger partial charge in [-0.25, -0.2) is 14.1 Å². The van der Waals surface area contributed by atoms with Gasteiger partial charge in [0.25, 0.3) is 0 Å². The molecule has 2 aromatic carbocycles. The van der Waals surface area contributed by atoms with Crippen molar-refractivity contribution in [3.8, 4) is 5.69 Å². The van der Waals surface area contributed by atoms with Crippen LogP contribution in [0.15, 0.2) is 59.6 Å². The maximum absolute atomic E-state index is 14.7. The van der Waals surface area contributed by atoms with E-state index in [1.54, 1.807) is 34.5 Å². The molecule has 2 aliphatic rings. The normalized spacial score (nSPS) is 21.1. The molecular weight excluding hydrogens is 390 g/mol. The summed E-state index contributed by atoms with van der Waals surface area (Å²) in [7, 11) is -2.08. The molecule has 1 fully saturated rings. The van der Waals surface area contributed by atoms with Crippen molar-refractivity contribution < 1.29 is 13.5 Å². The third-order valence-electron chi connectivity index (χ3n) is 5.26. The molecule has 29 heavy (non-hydrogen) atoms. The molecule has 8 heteroatoms. The van der Waals surface area contributed by atoms with Crippen LogP contribution in [-0.2, 0) is 9.09 Å². The second kappa shape index (κ2) is 6.65. The van der Waals surface area contributed by atoms with E-state index in [2.05, 4.69) is 5.10 Å². The van der Waals surface area contributed by atoms with E-state index in [0.717, 1.165) is 18.5 Å². The highest BCUT2D eigenvalue weighted by Gasteiger charge is 2.51. The van der Waals surface area contributed by atoms with E-state index in [1.807, 2.05) is 30.3 Å². The van der Waals surface area contributed by atoms with Crippen LogP contribution >= 0.6 is 7.52 Å². The number of aromatic nitrogens is 2. The van der Waals surface area contributed by atoms with Gasteiger partial charge in [0.15, 0.2) is 5.82 Å². The number of rotatable bonds is 4. The Bertz CT molecular complexity index is 1170. The van der Waals surface area contributed by atoms with Crippen molar-refractivity contribution in [1.82, 2.24) is 14.5 Å². The van der Waals surface area contributed by atoms with Gasteiger partial charge in [0, 0.05) is 13.2 Å². The lowest BCUT2D eigenvalue weighted by atomic mass is 10.2. The SMILES string of the molecule is CO[P@@]1(=O)c2c(C)nn(-c3ccccc3)c2N=C(c2ccccc2F)N1C1CC1. The van der Waals surface area contributed by atoms with Crippen LogP contribution in [0.5, 0.6) is 0 Å². The first kappa shape index (κ1) is 18.3. The Morgan fingerprint density at radius 3 is 2.45 bits per heavy atom. The molecule has 0 bridgehead atoms. The zero-order valence-corrected chi connectivity index (χ0v) is 17.0. The lowest BCUT2D eigenvalue weighted by Gasteiger charge is -2.36. The average Bonchev–Trinajstić information content (AvgIpc) is 3.51. The summed E-state index contributed by atoms with van der Waals surface area (Å²) >= 11 is 0. The Morgan fingerprint density at radius 1 is 1.10 bits per heavy atom. The van der Waals surface area contributed by atoms with Gasteiger partial charge in [-0.05, 0) is 44.0 Å². The molecule has 1 aliphatic carbocycles. The number of aryl methyl sites for hydroxylation is 1. The molecule has 0 spiro atoms. The van der Waals surface area contributed by atoms with Crippen molar-refractivity contribution in [3.05, 3.63) is 71.7 Å². The van der Waals surface area contributed by atoms with Crippen molar-refractivity contribution in [2.24, 2.45) is 4.99 Å². The van der Waals surface area contributed by atoms with Crippen LogP contribution in [0.2, 0.25) is 0 Å². The molecule has 5 rings (SSSR count). The fraction of sp³-hybridized carbons (Fsp3) is 0.238. The van der Waals surface area contributed by atoms with Crippen molar-refractivity contribution in [2.75, 3.05) is 7.11 Å². The number of hydrogen-bond donors (Lipinski definition) is 0. The highest BCUT2D eigenvalue weighted by atomic mass is 31.2. The lowest BCUT2D eigenvalue weighted by Crippen LogP contribution is -2.39. The molecule has 1 aliphatic heterocycles. The van der Waals surface area contributed by atoms with Crippen LogP contribution in [0, 0.1) is 12.7 Å². The zero-order chi connectivity index (χ0) is 20.2. The molecule has 1 saturated carbocycles. The smallest absolute Gasteiger partial charge is 0.313 e. The number of para-hydroxylation sites is 1. The Kier molecular flexibility index (Phi) is 4.19. The summed E-state index contributed by atoms with van der Waals surface area (Å²) in [6.45, 7) is 1.80. The Hall–Kier alpha value is -2.76. The summed E-state index contributed by atoms with van der Waals surface area (Å²) in [5, 5.41) is 5.09. The Morgan fingerprint density at radius 2 is 1.79 bits per heavy atom. The molecule has 0 saturated heterocycles. The maximum atomic E-state index is 14.7. The highest BCUT2D eigenvalue weighted by molar-refractivity contribution is 7.66. The van der Waals surface area contributed by atoms with Crippen molar-refractivity contribution in [3.63, 3.8) is 0 Å². The van der Waals surface area contributed by atoms with Gasteiger partial charge in [0.2, 0.25) is 0 Å². The third kappa shape index (κ3) is 2.76. The van der Waals surface area contributed by atoms with Gasteiger partial charge in [0.1, 0.15) is 17.0 Å². The molecule has 3 aromatic rings. The standard InChI is InChI=1S/C21H20FN4O2P/c1-14-19-21(25(24-14)15-8-4-3-5-9-15)23-20(17-10-6-7-11-18(17)22)26(16-12-13-16)29(19,27)28-2/h3-11,16H,12-13H2,1-2H3/t29-/m0/s1. The average molecular weight is 410 g/mol. The highest BCUT2D eigenvalue weighted by Crippen LogP contribution is 2.59. The molecule has 0 N–H and O–H groups in total.